The molecule has 1 aromatic carbocycles. The van der Waals surface area contributed by atoms with Gasteiger partial charge in [0.15, 0.2) is 6.04 Å². The molecule has 6 rings (SSSR count). The number of benzene rings is 1. The Labute approximate surface area is 185 Å². The number of fused-ring (bicyclic) bond motifs is 2. The first-order valence-corrected chi connectivity index (χ1v) is 10.9. The minimum absolute atomic E-state index is 0.149. The maximum atomic E-state index is 12.9. The molecule has 4 nitrogen and oxygen atoms in total. The summed E-state index contributed by atoms with van der Waals surface area (Å²) < 4.78 is 83.6. The van der Waals surface area contributed by atoms with Crippen LogP contribution in [-0.2, 0) is 12.4 Å². The van der Waals surface area contributed by atoms with E-state index >= 15 is 0 Å². The SMILES string of the molecule is CC1C[C@]12C[C@@H](Oc1ccc(C(F)(F)F)cc1)C[C@@]13CC1[N+]23Oc1ccc(C(F)(F)F)cn1. The number of piperidine rings is 1. The normalized spacial score (nSPS) is 38.3. The molecule has 0 radical (unpaired) electrons. The van der Waals surface area contributed by atoms with Crippen molar-refractivity contribution in [2.45, 2.75) is 68.2 Å². The minimum atomic E-state index is -4.46. The van der Waals surface area contributed by atoms with Crippen molar-refractivity contribution in [3.63, 3.8) is 0 Å². The third kappa shape index (κ3) is 2.85. The van der Waals surface area contributed by atoms with Crippen molar-refractivity contribution >= 4 is 0 Å². The van der Waals surface area contributed by atoms with Gasteiger partial charge in [-0.15, -0.1) is 4.65 Å². The number of hydrogen-bond acceptors (Lipinski definition) is 3. The average Bonchev–Trinajstić information content (AvgIpc) is 3.66. The first-order valence-electron chi connectivity index (χ1n) is 10.9. The quantitative estimate of drug-likeness (QED) is 0.322. The predicted octanol–water partition coefficient (Wildman–Crippen LogP) is 5.77. The molecule has 2 saturated heterocycles. The highest BCUT2D eigenvalue weighted by molar-refractivity contribution is 5.33. The number of hydroxylamine groups is 3. The number of ether oxygens (including phenoxy) is 1. The largest absolute Gasteiger partial charge is 0.490 e. The molecule has 2 spiro atoms. The molecule has 0 amide bonds. The van der Waals surface area contributed by atoms with E-state index in [4.69, 9.17) is 9.57 Å². The highest BCUT2D eigenvalue weighted by atomic mass is 19.4. The average molecular weight is 471 g/mol. The van der Waals surface area contributed by atoms with E-state index in [-0.39, 0.29) is 29.1 Å². The maximum Gasteiger partial charge on any atom is 0.417 e. The van der Waals surface area contributed by atoms with Crippen LogP contribution in [0.25, 0.3) is 0 Å². The van der Waals surface area contributed by atoms with E-state index in [2.05, 4.69) is 11.9 Å². The number of pyridine rings is 1. The molecule has 3 unspecified atom stereocenters. The van der Waals surface area contributed by atoms with Gasteiger partial charge in [0.2, 0.25) is 5.54 Å². The molecular formula is C23H21F6N2O2+. The Morgan fingerprint density at radius 3 is 1.97 bits per heavy atom. The Hall–Kier alpha value is -2.49. The molecule has 2 aliphatic carbocycles. The Morgan fingerprint density at radius 1 is 0.848 bits per heavy atom. The lowest BCUT2D eigenvalue weighted by Crippen LogP contribution is -2.60. The molecular weight excluding hydrogens is 450 g/mol. The molecule has 4 aliphatic rings. The summed E-state index contributed by atoms with van der Waals surface area (Å²) in [7, 11) is 0. The zero-order valence-electron chi connectivity index (χ0n) is 17.6. The number of quaternary nitrogens is 1. The summed E-state index contributed by atoms with van der Waals surface area (Å²) >= 11 is 0. The fourth-order valence-electron chi connectivity index (χ4n) is 6.32. The summed E-state index contributed by atoms with van der Waals surface area (Å²) in [5.74, 6) is 0.918. The van der Waals surface area contributed by atoms with Crippen LogP contribution in [-0.4, -0.2) is 32.9 Å². The standard InChI is InChI=1S/C23H21F6N2O2/c1-13-8-20(13)9-17(32-16-5-2-14(3-6-16)22(24,25)26)10-21-11-18(21)31(20,21)33-19-7-4-15(12-30-19)23(27,28)29/h2-7,12-13,17-18H,8-11H2,1H3/q+1/t13?,17-,18?,20+,21-,31?/m1/s1. The van der Waals surface area contributed by atoms with Gasteiger partial charge in [-0.2, -0.15) is 26.3 Å². The molecule has 4 fully saturated rings. The third-order valence-corrected chi connectivity index (χ3v) is 8.07. The van der Waals surface area contributed by atoms with Gasteiger partial charge in [-0.05, 0) is 30.3 Å². The van der Waals surface area contributed by atoms with Crippen LogP contribution in [0.4, 0.5) is 26.3 Å². The van der Waals surface area contributed by atoms with Crippen molar-refractivity contribution in [1.29, 1.82) is 0 Å². The van der Waals surface area contributed by atoms with Crippen molar-refractivity contribution in [2.75, 3.05) is 0 Å². The van der Waals surface area contributed by atoms with E-state index in [9.17, 15) is 26.3 Å². The van der Waals surface area contributed by atoms with E-state index in [1.54, 1.807) is 0 Å². The minimum Gasteiger partial charge on any atom is -0.490 e. The summed E-state index contributed by atoms with van der Waals surface area (Å²) in [5.41, 5.74) is -1.90. The fraction of sp³-hybridized carbons (Fsp3) is 0.522. The van der Waals surface area contributed by atoms with Gasteiger partial charge in [0.1, 0.15) is 17.4 Å². The Kier molecular flexibility index (Phi) is 3.92. The smallest absolute Gasteiger partial charge is 0.417 e. The molecule has 176 valence electrons. The molecule has 2 saturated carbocycles. The van der Waals surface area contributed by atoms with Crippen LogP contribution >= 0.6 is 0 Å². The van der Waals surface area contributed by atoms with E-state index in [1.165, 1.54) is 18.2 Å². The van der Waals surface area contributed by atoms with Crippen LogP contribution in [0.3, 0.4) is 0 Å². The number of alkyl halides is 6. The maximum absolute atomic E-state index is 12.9. The third-order valence-electron chi connectivity index (χ3n) is 8.07. The molecule has 3 heterocycles. The van der Waals surface area contributed by atoms with Gasteiger partial charge in [0.05, 0.1) is 17.5 Å². The first-order chi connectivity index (χ1) is 15.4. The lowest BCUT2D eigenvalue weighted by Gasteiger charge is -2.41. The molecule has 0 bridgehead atoms. The Bertz CT molecular complexity index is 1100. The van der Waals surface area contributed by atoms with Crippen molar-refractivity contribution in [1.82, 2.24) is 4.98 Å². The van der Waals surface area contributed by atoms with Crippen molar-refractivity contribution < 1.29 is 40.6 Å². The second kappa shape index (κ2) is 6.14. The zero-order chi connectivity index (χ0) is 23.4. The van der Waals surface area contributed by atoms with Crippen LogP contribution in [0.5, 0.6) is 11.6 Å². The van der Waals surface area contributed by atoms with Crippen LogP contribution in [0, 0.1) is 5.92 Å². The molecule has 1 aromatic heterocycles. The van der Waals surface area contributed by atoms with E-state index in [0.717, 1.165) is 37.2 Å². The number of halogens is 6. The zero-order valence-corrected chi connectivity index (χ0v) is 17.6. The second-order valence-electron chi connectivity index (χ2n) is 9.83. The van der Waals surface area contributed by atoms with Crippen molar-refractivity contribution in [3.8, 4) is 11.6 Å². The number of aromatic nitrogens is 1. The summed E-state index contributed by atoms with van der Waals surface area (Å²) in [5, 5.41) is 0. The van der Waals surface area contributed by atoms with E-state index in [0.29, 0.717) is 29.2 Å². The second-order valence-corrected chi connectivity index (χ2v) is 9.83. The van der Waals surface area contributed by atoms with Gasteiger partial charge in [0, 0.05) is 37.4 Å². The van der Waals surface area contributed by atoms with Crippen LogP contribution in [0.2, 0.25) is 0 Å². The van der Waals surface area contributed by atoms with Gasteiger partial charge in [0.25, 0.3) is 5.88 Å². The van der Waals surface area contributed by atoms with E-state index < -0.39 is 23.5 Å². The Balaban J connectivity index is 1.21. The van der Waals surface area contributed by atoms with Gasteiger partial charge >= 0.3 is 12.4 Å². The van der Waals surface area contributed by atoms with Crippen molar-refractivity contribution in [2.24, 2.45) is 5.92 Å². The van der Waals surface area contributed by atoms with Crippen molar-refractivity contribution in [3.05, 3.63) is 53.7 Å². The monoisotopic (exact) mass is 471 g/mol. The van der Waals surface area contributed by atoms with Gasteiger partial charge in [-0.1, -0.05) is 6.92 Å². The fourth-order valence-corrected chi connectivity index (χ4v) is 6.32. The molecule has 2 aliphatic heterocycles. The van der Waals surface area contributed by atoms with Crippen LogP contribution < -0.4 is 9.57 Å². The molecule has 10 heteroatoms. The number of nitrogens with zero attached hydrogens (tertiary/aromatic N) is 2. The first kappa shape index (κ1) is 21.1. The summed E-state index contributed by atoms with van der Waals surface area (Å²) in [6.45, 7) is 2.12. The summed E-state index contributed by atoms with van der Waals surface area (Å²) in [6.07, 6.45) is -5.02. The topological polar surface area (TPSA) is 31.4 Å². The molecule has 2 aromatic rings. The molecule has 33 heavy (non-hydrogen) atoms. The van der Waals surface area contributed by atoms with Gasteiger partial charge in [-0.25, -0.2) is 4.98 Å². The van der Waals surface area contributed by atoms with Crippen LogP contribution in [0.1, 0.15) is 43.7 Å². The van der Waals surface area contributed by atoms with Gasteiger partial charge in [-0.3, -0.25) is 4.84 Å². The van der Waals surface area contributed by atoms with Crippen LogP contribution in [0.15, 0.2) is 42.6 Å². The van der Waals surface area contributed by atoms with E-state index in [1.807, 2.05) is 0 Å². The number of hydrogen-bond donors (Lipinski definition) is 0. The highest BCUT2D eigenvalue weighted by Gasteiger charge is 3.06. The highest BCUT2D eigenvalue weighted by Crippen LogP contribution is 2.83. The molecule has 0 N–H and O–H groups in total. The lowest BCUT2D eigenvalue weighted by molar-refractivity contribution is -1.06. The summed E-state index contributed by atoms with van der Waals surface area (Å²) in [6, 6.07) is 7.23. The lowest BCUT2D eigenvalue weighted by atomic mass is 9.92. The number of rotatable bonds is 4. The molecule has 6 atom stereocenters. The van der Waals surface area contributed by atoms with Gasteiger partial charge < -0.3 is 4.74 Å². The summed E-state index contributed by atoms with van der Waals surface area (Å²) in [4.78, 5) is 10.2. The Morgan fingerprint density at radius 2 is 1.45 bits per heavy atom. The predicted molar refractivity (Wildman–Crippen MR) is 103 cm³/mol.